The molecule has 1 amide bonds. The van der Waals surface area contributed by atoms with E-state index in [2.05, 4.69) is 47.1 Å². The highest BCUT2D eigenvalue weighted by molar-refractivity contribution is 5.90. The smallest absolute Gasteiger partial charge is 0.243 e. The van der Waals surface area contributed by atoms with Crippen molar-refractivity contribution in [2.75, 3.05) is 20.2 Å². The first-order chi connectivity index (χ1) is 14.2. The molecule has 29 heavy (non-hydrogen) atoms. The molecule has 0 N–H and O–H groups in total. The molecular weight excluding hydrogens is 360 g/mol. The number of carbonyl (C=O) groups is 1. The van der Waals surface area contributed by atoms with Crippen LogP contribution >= 0.6 is 0 Å². The lowest BCUT2D eigenvalue weighted by Crippen LogP contribution is -2.49. The van der Waals surface area contributed by atoms with Crippen molar-refractivity contribution < 1.29 is 9.53 Å². The molecule has 3 atom stereocenters. The van der Waals surface area contributed by atoms with E-state index in [1.54, 1.807) is 7.11 Å². The van der Waals surface area contributed by atoms with E-state index in [0.717, 1.165) is 50.1 Å². The second kappa shape index (κ2) is 7.17. The zero-order chi connectivity index (χ0) is 20.0. The highest BCUT2D eigenvalue weighted by Crippen LogP contribution is 2.56. The molecule has 3 fully saturated rings. The Kier molecular flexibility index (Phi) is 4.62. The van der Waals surface area contributed by atoms with Crippen LogP contribution in [-0.2, 0) is 17.8 Å². The quantitative estimate of drug-likeness (QED) is 0.767. The molecule has 0 aliphatic carbocycles. The lowest BCUT2D eigenvalue weighted by atomic mass is 9.85. The fourth-order valence-corrected chi connectivity index (χ4v) is 6.05. The van der Waals surface area contributed by atoms with Gasteiger partial charge in [-0.15, -0.1) is 0 Å². The van der Waals surface area contributed by atoms with E-state index < -0.39 is 0 Å². The van der Waals surface area contributed by atoms with Gasteiger partial charge in [-0.3, -0.25) is 9.69 Å². The Bertz CT molecular complexity index is 909. The zero-order valence-electron chi connectivity index (χ0n) is 17.4. The molecule has 0 radical (unpaired) electrons. The van der Waals surface area contributed by atoms with Gasteiger partial charge in [-0.25, -0.2) is 0 Å². The number of amides is 1. The maximum Gasteiger partial charge on any atom is 0.243 e. The van der Waals surface area contributed by atoms with Crippen LogP contribution < -0.4 is 4.74 Å². The zero-order valence-corrected chi connectivity index (χ0v) is 17.4. The van der Waals surface area contributed by atoms with Crippen molar-refractivity contribution in [3.05, 3.63) is 65.2 Å². The molecule has 2 aromatic carbocycles. The first-order valence-corrected chi connectivity index (χ1v) is 10.9. The lowest BCUT2D eigenvalue weighted by molar-refractivity contribution is -0.137. The minimum atomic E-state index is -0.282. The lowest BCUT2D eigenvalue weighted by Gasteiger charge is -2.33. The molecule has 3 saturated heterocycles. The van der Waals surface area contributed by atoms with Gasteiger partial charge in [0.1, 0.15) is 11.3 Å². The van der Waals surface area contributed by atoms with Crippen molar-refractivity contribution in [2.24, 2.45) is 5.92 Å². The summed E-state index contributed by atoms with van der Waals surface area (Å²) in [6.07, 6.45) is 4.27. The van der Waals surface area contributed by atoms with Crippen molar-refractivity contribution in [3.63, 3.8) is 0 Å². The molecule has 2 aromatic rings. The number of hydrogen-bond acceptors (Lipinski definition) is 3. The number of ether oxygens (including phenoxy) is 1. The number of methoxy groups -OCH3 is 1. The van der Waals surface area contributed by atoms with Crippen LogP contribution in [0.4, 0.5) is 0 Å². The van der Waals surface area contributed by atoms with Gasteiger partial charge in [0, 0.05) is 30.6 Å². The fraction of sp³-hybridized carbons (Fsp3) is 0.480. The summed E-state index contributed by atoms with van der Waals surface area (Å²) in [6.45, 7) is 4.73. The number of hydrogen-bond donors (Lipinski definition) is 0. The summed E-state index contributed by atoms with van der Waals surface area (Å²) in [5, 5.41) is 0. The first-order valence-electron chi connectivity index (χ1n) is 10.9. The van der Waals surface area contributed by atoms with E-state index in [4.69, 9.17) is 4.74 Å². The summed E-state index contributed by atoms with van der Waals surface area (Å²) in [6, 6.07) is 17.5. The highest BCUT2D eigenvalue weighted by atomic mass is 16.5. The molecule has 4 heteroatoms. The average molecular weight is 391 g/mol. The Morgan fingerprint density at radius 1 is 1.14 bits per heavy atom. The van der Waals surface area contributed by atoms with Crippen LogP contribution in [0.25, 0.3) is 0 Å². The van der Waals surface area contributed by atoms with Crippen molar-refractivity contribution in [1.82, 2.24) is 9.80 Å². The summed E-state index contributed by atoms with van der Waals surface area (Å²) in [4.78, 5) is 18.3. The molecule has 5 rings (SSSR count). The first kappa shape index (κ1) is 18.7. The maximum absolute atomic E-state index is 13.7. The Morgan fingerprint density at radius 2 is 1.93 bits per heavy atom. The van der Waals surface area contributed by atoms with E-state index in [0.29, 0.717) is 24.4 Å². The van der Waals surface area contributed by atoms with Crippen LogP contribution in [-0.4, -0.2) is 41.4 Å². The van der Waals surface area contributed by atoms with Gasteiger partial charge in [0.15, 0.2) is 0 Å². The third kappa shape index (κ3) is 2.80. The van der Waals surface area contributed by atoms with Crippen LogP contribution in [0.15, 0.2) is 48.5 Å². The van der Waals surface area contributed by atoms with Gasteiger partial charge in [-0.2, -0.15) is 0 Å². The van der Waals surface area contributed by atoms with Gasteiger partial charge in [-0.1, -0.05) is 49.4 Å². The predicted molar refractivity (Wildman–Crippen MR) is 114 cm³/mol. The third-order valence-corrected chi connectivity index (χ3v) is 7.45. The van der Waals surface area contributed by atoms with E-state index in [-0.39, 0.29) is 5.54 Å². The minimum Gasteiger partial charge on any atom is -0.496 e. The molecule has 3 aliphatic heterocycles. The molecule has 0 aromatic heterocycles. The number of aryl methyl sites for hydroxylation is 1. The molecule has 3 aliphatic rings. The summed E-state index contributed by atoms with van der Waals surface area (Å²) in [5.74, 6) is 1.62. The normalized spacial score (nSPS) is 28.6. The number of nitrogens with zero attached hydrogens (tertiary/aromatic N) is 2. The van der Waals surface area contributed by atoms with Crippen LogP contribution in [0.3, 0.4) is 0 Å². The van der Waals surface area contributed by atoms with Crippen LogP contribution in [0.5, 0.6) is 5.75 Å². The summed E-state index contributed by atoms with van der Waals surface area (Å²) in [7, 11) is 1.70. The molecule has 0 bridgehead atoms. The van der Waals surface area contributed by atoms with E-state index in [1.807, 2.05) is 18.2 Å². The molecule has 0 saturated carbocycles. The van der Waals surface area contributed by atoms with Crippen molar-refractivity contribution in [2.45, 2.75) is 50.7 Å². The van der Waals surface area contributed by atoms with Gasteiger partial charge in [-0.05, 0) is 49.4 Å². The van der Waals surface area contributed by atoms with Crippen molar-refractivity contribution in [3.8, 4) is 5.75 Å². The maximum atomic E-state index is 13.7. The van der Waals surface area contributed by atoms with Crippen molar-refractivity contribution >= 4 is 5.91 Å². The predicted octanol–water partition coefficient (Wildman–Crippen LogP) is 4.20. The molecular formula is C25H30N2O2. The Labute approximate surface area is 173 Å². The van der Waals surface area contributed by atoms with Crippen LogP contribution in [0.1, 0.15) is 48.9 Å². The van der Waals surface area contributed by atoms with Crippen molar-refractivity contribution in [1.29, 1.82) is 0 Å². The Morgan fingerprint density at radius 3 is 2.69 bits per heavy atom. The van der Waals surface area contributed by atoms with Crippen LogP contribution in [0, 0.1) is 5.92 Å². The number of likely N-dealkylation sites (tertiary alicyclic amines) is 1. The molecule has 3 heterocycles. The number of benzene rings is 2. The summed E-state index contributed by atoms with van der Waals surface area (Å²) >= 11 is 0. The monoisotopic (exact) mass is 390 g/mol. The molecule has 1 spiro atoms. The second-order valence-electron chi connectivity index (χ2n) is 8.76. The second-order valence-corrected chi connectivity index (χ2v) is 8.76. The summed E-state index contributed by atoms with van der Waals surface area (Å²) in [5.41, 5.74) is 3.57. The number of para-hydroxylation sites is 1. The Hall–Kier alpha value is -2.33. The van der Waals surface area contributed by atoms with Gasteiger partial charge in [0.2, 0.25) is 5.91 Å². The standard InChI is InChI=1S/C25H30N2O2/c1-3-18-9-11-19(12-10-18)22-15-21-17-26(16-20-7-4-5-8-23(20)29-2)24(28)25(21)13-6-14-27(22)25/h4-5,7-12,21-22H,3,6,13-17H2,1-2H3/t21-,22-,25-/m0/s1. The van der Waals surface area contributed by atoms with Crippen LogP contribution in [0.2, 0.25) is 0 Å². The van der Waals surface area contributed by atoms with E-state index in [9.17, 15) is 4.79 Å². The minimum absolute atomic E-state index is 0.282. The highest BCUT2D eigenvalue weighted by Gasteiger charge is 2.65. The topological polar surface area (TPSA) is 32.8 Å². The molecule has 152 valence electrons. The molecule has 0 unspecified atom stereocenters. The summed E-state index contributed by atoms with van der Waals surface area (Å²) < 4.78 is 5.52. The largest absolute Gasteiger partial charge is 0.496 e. The number of carbonyl (C=O) groups excluding carboxylic acids is 1. The van der Waals surface area contributed by atoms with Gasteiger partial charge < -0.3 is 9.64 Å². The molecule has 4 nitrogen and oxygen atoms in total. The third-order valence-electron chi connectivity index (χ3n) is 7.45. The van der Waals surface area contributed by atoms with E-state index >= 15 is 0 Å². The SMILES string of the molecule is CCc1ccc([C@@H]2C[C@H]3CN(Cc4ccccc4OC)C(=O)[C@]34CCCN24)cc1. The van der Waals surface area contributed by atoms with Gasteiger partial charge in [0.25, 0.3) is 0 Å². The van der Waals surface area contributed by atoms with Gasteiger partial charge in [0.05, 0.1) is 7.11 Å². The number of rotatable bonds is 5. The Balaban J connectivity index is 1.40. The van der Waals surface area contributed by atoms with Gasteiger partial charge >= 0.3 is 0 Å². The van der Waals surface area contributed by atoms with E-state index in [1.165, 1.54) is 11.1 Å². The fourth-order valence-electron chi connectivity index (χ4n) is 6.05. The average Bonchev–Trinajstić information content (AvgIpc) is 3.39.